The number of nitrogens with zero attached hydrogens (tertiary/aromatic N) is 2. The van der Waals surface area contributed by atoms with Crippen LogP contribution in [0.2, 0.25) is 5.02 Å². The molecule has 44 heavy (non-hydrogen) atoms. The molecule has 1 atom stereocenters. The minimum Gasteiger partial charge on any atom is -0.355 e. The number of carbonyl (C=O) groups is 2. The van der Waals surface area contributed by atoms with Crippen molar-refractivity contribution in [2.45, 2.75) is 50.6 Å². The number of halogens is 1. The second kappa shape index (κ2) is 15.0. The van der Waals surface area contributed by atoms with Gasteiger partial charge in [-0.1, -0.05) is 104 Å². The van der Waals surface area contributed by atoms with Gasteiger partial charge in [0.15, 0.2) is 0 Å². The van der Waals surface area contributed by atoms with Crippen molar-refractivity contribution in [2.75, 3.05) is 17.4 Å². The van der Waals surface area contributed by atoms with Gasteiger partial charge in [0.05, 0.1) is 10.6 Å². The van der Waals surface area contributed by atoms with Crippen molar-refractivity contribution in [1.29, 1.82) is 0 Å². The van der Waals surface area contributed by atoms with Gasteiger partial charge in [0, 0.05) is 24.5 Å². The molecule has 0 spiro atoms. The molecule has 4 rings (SSSR count). The van der Waals surface area contributed by atoms with Crippen molar-refractivity contribution in [3.63, 3.8) is 0 Å². The number of hydrogen-bond donors (Lipinski definition) is 1. The maximum atomic E-state index is 14.4. The highest BCUT2D eigenvalue weighted by atomic mass is 35.5. The average Bonchev–Trinajstić information content (AvgIpc) is 3.03. The van der Waals surface area contributed by atoms with Crippen LogP contribution in [0.5, 0.6) is 0 Å². The van der Waals surface area contributed by atoms with Gasteiger partial charge < -0.3 is 10.2 Å². The summed E-state index contributed by atoms with van der Waals surface area (Å²) < 4.78 is 29.3. The number of amides is 2. The van der Waals surface area contributed by atoms with Gasteiger partial charge in [-0.05, 0) is 59.9 Å². The zero-order valence-corrected chi connectivity index (χ0v) is 26.8. The van der Waals surface area contributed by atoms with E-state index < -0.39 is 28.5 Å². The topological polar surface area (TPSA) is 86.8 Å². The van der Waals surface area contributed by atoms with E-state index >= 15 is 0 Å². The summed E-state index contributed by atoms with van der Waals surface area (Å²) >= 11 is 6.53. The number of hydrogen-bond acceptors (Lipinski definition) is 4. The molecule has 0 unspecified atom stereocenters. The van der Waals surface area contributed by atoms with Crippen molar-refractivity contribution in [3.8, 4) is 0 Å². The maximum absolute atomic E-state index is 14.4. The Labute approximate surface area is 265 Å². The van der Waals surface area contributed by atoms with E-state index in [9.17, 15) is 18.0 Å². The van der Waals surface area contributed by atoms with E-state index in [2.05, 4.69) is 19.2 Å². The van der Waals surface area contributed by atoms with Crippen LogP contribution in [0, 0.1) is 0 Å². The number of likely N-dealkylation sites (N-methyl/N-ethyl adjacent to an activating group) is 1. The summed E-state index contributed by atoms with van der Waals surface area (Å²) in [5.74, 6) is -0.633. The van der Waals surface area contributed by atoms with Crippen molar-refractivity contribution in [2.24, 2.45) is 0 Å². The minimum absolute atomic E-state index is 0.0126. The average molecular weight is 632 g/mol. The van der Waals surface area contributed by atoms with Gasteiger partial charge >= 0.3 is 0 Å². The summed E-state index contributed by atoms with van der Waals surface area (Å²) in [5, 5.41) is 3.30. The molecule has 0 bridgehead atoms. The van der Waals surface area contributed by atoms with E-state index in [1.54, 1.807) is 48.5 Å². The minimum atomic E-state index is -4.15. The Morgan fingerprint density at radius 1 is 0.818 bits per heavy atom. The molecular weight excluding hydrogens is 594 g/mol. The van der Waals surface area contributed by atoms with Gasteiger partial charge in [0.25, 0.3) is 10.0 Å². The van der Waals surface area contributed by atoms with Crippen LogP contribution in [0.25, 0.3) is 0 Å². The predicted octanol–water partition coefficient (Wildman–Crippen LogP) is 6.43. The summed E-state index contributed by atoms with van der Waals surface area (Å²) in [4.78, 5) is 29.5. The van der Waals surface area contributed by atoms with Gasteiger partial charge in [-0.15, -0.1) is 0 Å². The molecule has 0 aliphatic heterocycles. The lowest BCUT2D eigenvalue weighted by molar-refractivity contribution is -0.140. The molecule has 0 aromatic heterocycles. The fraction of sp³-hybridized carbons (Fsp3) is 0.257. The third-order valence-electron chi connectivity index (χ3n) is 7.38. The summed E-state index contributed by atoms with van der Waals surface area (Å²) in [7, 11) is -4.15. The van der Waals surface area contributed by atoms with Crippen LogP contribution in [-0.2, 0) is 32.6 Å². The Hall–Kier alpha value is -4.14. The number of nitrogens with one attached hydrogen (secondary N) is 1. The Morgan fingerprint density at radius 2 is 1.41 bits per heavy atom. The highest BCUT2D eigenvalue weighted by molar-refractivity contribution is 7.92. The first-order valence-electron chi connectivity index (χ1n) is 14.6. The number of anilines is 1. The second-order valence-corrected chi connectivity index (χ2v) is 13.1. The summed E-state index contributed by atoms with van der Waals surface area (Å²) in [5.41, 5.74) is 2.89. The molecule has 0 saturated carbocycles. The fourth-order valence-corrected chi connectivity index (χ4v) is 6.56. The Balaban J connectivity index is 1.80. The number of rotatable bonds is 13. The van der Waals surface area contributed by atoms with E-state index in [0.717, 1.165) is 15.4 Å². The lowest BCUT2D eigenvalue weighted by Crippen LogP contribution is -2.53. The molecule has 4 aromatic carbocycles. The smallest absolute Gasteiger partial charge is 0.264 e. The monoisotopic (exact) mass is 631 g/mol. The zero-order valence-electron chi connectivity index (χ0n) is 25.2. The molecule has 4 aromatic rings. The van der Waals surface area contributed by atoms with Crippen molar-refractivity contribution < 1.29 is 18.0 Å². The van der Waals surface area contributed by atoms with Crippen LogP contribution in [0.1, 0.15) is 43.4 Å². The number of carbonyl (C=O) groups excluding carboxylic acids is 2. The summed E-state index contributed by atoms with van der Waals surface area (Å²) in [6.45, 7) is 5.78. The van der Waals surface area contributed by atoms with Crippen LogP contribution in [0.15, 0.2) is 114 Å². The molecule has 0 aliphatic carbocycles. The lowest BCUT2D eigenvalue weighted by atomic mass is 10.0. The van der Waals surface area contributed by atoms with Crippen LogP contribution in [0.3, 0.4) is 0 Å². The molecule has 1 N–H and O–H groups in total. The molecule has 230 valence electrons. The fourth-order valence-electron chi connectivity index (χ4n) is 4.93. The van der Waals surface area contributed by atoms with E-state index in [1.165, 1.54) is 17.0 Å². The van der Waals surface area contributed by atoms with Gasteiger partial charge in [-0.25, -0.2) is 8.42 Å². The molecule has 0 radical (unpaired) electrons. The lowest BCUT2D eigenvalue weighted by Gasteiger charge is -2.34. The van der Waals surface area contributed by atoms with Crippen LogP contribution in [-0.4, -0.2) is 44.3 Å². The van der Waals surface area contributed by atoms with E-state index in [1.807, 2.05) is 55.5 Å². The normalized spacial score (nSPS) is 12.0. The molecule has 0 saturated heterocycles. The molecule has 2 amide bonds. The van der Waals surface area contributed by atoms with Crippen LogP contribution >= 0.6 is 11.6 Å². The maximum Gasteiger partial charge on any atom is 0.264 e. The van der Waals surface area contributed by atoms with Crippen molar-refractivity contribution in [3.05, 3.63) is 131 Å². The standard InChI is InChI=1S/C35H38ClN3O4S/c1-4-37-35(41)33(23-27-13-7-5-8-14-27)38(24-29-15-11-12-18-32(29)36)34(40)25-39(30-21-19-28(20-22-30)26(2)3)44(42,43)31-16-9-6-10-17-31/h5-22,26,33H,4,23-25H2,1-3H3,(H,37,41)/t33-/m1/s1. The van der Waals surface area contributed by atoms with Gasteiger partial charge in [-0.3, -0.25) is 13.9 Å². The van der Waals surface area contributed by atoms with Gasteiger partial charge in [0.1, 0.15) is 12.6 Å². The van der Waals surface area contributed by atoms with E-state index in [-0.39, 0.29) is 29.7 Å². The van der Waals surface area contributed by atoms with E-state index in [0.29, 0.717) is 22.8 Å². The first kappa shape index (κ1) is 32.8. The molecule has 7 nitrogen and oxygen atoms in total. The van der Waals surface area contributed by atoms with Crippen LogP contribution < -0.4 is 9.62 Å². The SMILES string of the molecule is CCNC(=O)[C@@H](Cc1ccccc1)N(Cc1ccccc1Cl)C(=O)CN(c1ccc(C(C)C)cc1)S(=O)(=O)c1ccccc1. The highest BCUT2D eigenvalue weighted by Crippen LogP contribution is 2.27. The first-order valence-corrected chi connectivity index (χ1v) is 16.5. The number of sulfonamides is 1. The Bertz CT molecular complexity index is 1650. The van der Waals surface area contributed by atoms with Gasteiger partial charge in [0.2, 0.25) is 11.8 Å². The van der Waals surface area contributed by atoms with Gasteiger partial charge in [-0.2, -0.15) is 0 Å². The second-order valence-electron chi connectivity index (χ2n) is 10.8. The summed E-state index contributed by atoms with van der Waals surface area (Å²) in [6, 6.07) is 30.8. The summed E-state index contributed by atoms with van der Waals surface area (Å²) in [6.07, 6.45) is 0.234. The number of benzene rings is 4. The zero-order chi connectivity index (χ0) is 31.7. The highest BCUT2D eigenvalue weighted by Gasteiger charge is 2.34. The molecule has 0 aliphatic rings. The molecule has 0 fully saturated rings. The molecular formula is C35H38ClN3O4S. The molecule has 9 heteroatoms. The van der Waals surface area contributed by atoms with E-state index in [4.69, 9.17) is 11.6 Å². The third kappa shape index (κ3) is 8.07. The van der Waals surface area contributed by atoms with Crippen LogP contribution in [0.4, 0.5) is 5.69 Å². The Kier molecular flexibility index (Phi) is 11.2. The first-order chi connectivity index (χ1) is 21.1. The Morgan fingerprint density at radius 3 is 2.00 bits per heavy atom. The predicted molar refractivity (Wildman–Crippen MR) is 176 cm³/mol. The van der Waals surface area contributed by atoms with Crippen molar-refractivity contribution >= 4 is 39.1 Å². The van der Waals surface area contributed by atoms with Crippen molar-refractivity contribution in [1.82, 2.24) is 10.2 Å². The third-order valence-corrected chi connectivity index (χ3v) is 9.54. The molecule has 0 heterocycles. The quantitative estimate of drug-likeness (QED) is 0.184. The largest absolute Gasteiger partial charge is 0.355 e.